The van der Waals surface area contributed by atoms with Crippen LogP contribution in [-0.4, -0.2) is 237 Å². The molecule has 2 heterocycles. The second-order valence-corrected chi connectivity index (χ2v) is 25.5. The first-order valence-corrected chi connectivity index (χ1v) is 33.8. The van der Waals surface area contributed by atoms with Gasteiger partial charge in [0.15, 0.2) is 0 Å². The number of hydrogen-bond donors (Lipinski definition) is 14. The molecular weight excluding hydrogens is 1320 g/mol. The number of carboxylic acid groups (broad SMARTS) is 2. The van der Waals surface area contributed by atoms with Crippen molar-refractivity contribution in [3.63, 3.8) is 0 Å². The molecule has 12 atom stereocenters. The second kappa shape index (κ2) is 37.1. The zero-order valence-corrected chi connectivity index (χ0v) is 56.0. The number of ether oxygens (including phenoxy) is 6. The average molecular weight is 1400 g/mol. The summed E-state index contributed by atoms with van der Waals surface area (Å²) in [6, 6.07) is 31.0. The summed E-state index contributed by atoms with van der Waals surface area (Å²) in [5.41, 5.74) is 4.21. The van der Waals surface area contributed by atoms with Gasteiger partial charge in [0.05, 0.1) is 63.9 Å². The van der Waals surface area contributed by atoms with Crippen LogP contribution in [0.1, 0.15) is 81.0 Å². The third-order valence-electron chi connectivity index (χ3n) is 16.1. The highest BCUT2D eigenvalue weighted by atomic mass is 32.2. The molecule has 0 bridgehead atoms. The van der Waals surface area contributed by atoms with Gasteiger partial charge < -0.3 is 101 Å². The minimum absolute atomic E-state index is 0.193. The predicted octanol–water partition coefficient (Wildman–Crippen LogP) is 1.95. The van der Waals surface area contributed by atoms with E-state index >= 15 is 0 Å². The number of aliphatic hydroxyl groups excluding tert-OH is 6. The van der Waals surface area contributed by atoms with Crippen molar-refractivity contribution in [3.05, 3.63) is 144 Å². The highest BCUT2D eigenvalue weighted by Gasteiger charge is 2.57. The van der Waals surface area contributed by atoms with Crippen molar-refractivity contribution in [2.75, 3.05) is 76.6 Å². The lowest BCUT2D eigenvalue weighted by atomic mass is 9.88. The fourth-order valence-corrected chi connectivity index (χ4v) is 12.5. The third-order valence-corrected chi connectivity index (χ3v) is 18.2. The van der Waals surface area contributed by atoms with E-state index in [1.54, 1.807) is 74.9 Å². The Kier molecular flexibility index (Phi) is 29.2. The SMILES string of the molecule is COc1ccccc1-c1ccc(C(=O)NC[C@@H](O)[C@@H](O)[C@@H]2O[C@@](OCCCSCCNC(=O)c3ccc(C(=O)NCCSCCCO[C@]4(C(=O)O)C[C@H](O)[C@@H](NC(C)=O)[C@H]([C@H](O)[C@H](O)CNC(=O)c5ccc(-c6ccccc6OC)cc5)O4)cc3)(C(=O)O)C[C@H](O)[C@H]2NC(C)=O)cc1. The fourth-order valence-electron chi connectivity index (χ4n) is 11.0. The van der Waals surface area contributed by atoms with Crippen LogP contribution in [0.2, 0.25) is 0 Å². The van der Waals surface area contributed by atoms with Crippen molar-refractivity contribution >= 4 is 70.9 Å². The molecule has 5 aromatic rings. The number of aliphatic carboxylic acids is 2. The molecule has 28 nitrogen and oxygen atoms in total. The number of carbonyl (C=O) groups is 8. The van der Waals surface area contributed by atoms with E-state index in [0.29, 0.717) is 45.6 Å². The Morgan fingerprint density at radius 3 is 1.14 bits per heavy atom. The minimum Gasteiger partial charge on any atom is -0.496 e. The first-order chi connectivity index (χ1) is 46.9. The number of benzene rings is 5. The number of hydrogen-bond acceptors (Lipinski definition) is 22. The molecule has 14 N–H and O–H groups in total. The lowest BCUT2D eigenvalue weighted by Gasteiger charge is -2.46. The van der Waals surface area contributed by atoms with Gasteiger partial charge in [-0.05, 0) is 96.1 Å². The van der Waals surface area contributed by atoms with E-state index in [0.717, 1.165) is 36.1 Å². The Morgan fingerprint density at radius 1 is 0.490 bits per heavy atom. The summed E-state index contributed by atoms with van der Waals surface area (Å²) in [6.45, 7) is 1.33. The van der Waals surface area contributed by atoms with Gasteiger partial charge in [-0.15, -0.1) is 0 Å². The first-order valence-electron chi connectivity index (χ1n) is 31.5. The molecule has 0 aliphatic carbocycles. The van der Waals surface area contributed by atoms with Crippen molar-refractivity contribution in [3.8, 4) is 33.8 Å². The van der Waals surface area contributed by atoms with Crippen LogP contribution < -0.4 is 41.4 Å². The molecule has 0 radical (unpaired) electrons. The highest BCUT2D eigenvalue weighted by Crippen LogP contribution is 2.37. The third kappa shape index (κ3) is 20.9. The molecule has 0 spiro atoms. The smallest absolute Gasteiger partial charge is 0.364 e. The predicted molar refractivity (Wildman–Crippen MR) is 359 cm³/mol. The molecular formula is C68H84N6O22S2. The summed E-state index contributed by atoms with van der Waals surface area (Å²) in [5, 5.41) is 103. The molecule has 5 aromatic carbocycles. The molecule has 30 heteroatoms. The molecule has 6 amide bonds. The van der Waals surface area contributed by atoms with Crippen LogP contribution in [0, 0.1) is 0 Å². The van der Waals surface area contributed by atoms with Crippen LogP contribution in [0.5, 0.6) is 11.5 Å². The van der Waals surface area contributed by atoms with E-state index in [4.69, 9.17) is 28.4 Å². The maximum Gasteiger partial charge on any atom is 0.364 e. The van der Waals surface area contributed by atoms with E-state index in [9.17, 15) is 79.2 Å². The molecule has 2 saturated heterocycles. The number of methoxy groups -OCH3 is 2. The monoisotopic (exact) mass is 1400 g/mol. The van der Waals surface area contributed by atoms with Crippen molar-refractivity contribution < 1.29 is 108 Å². The van der Waals surface area contributed by atoms with Crippen LogP contribution >= 0.6 is 23.5 Å². The minimum atomic E-state index is -2.50. The van der Waals surface area contributed by atoms with Crippen LogP contribution in [-0.2, 0) is 38.1 Å². The molecule has 2 aliphatic rings. The van der Waals surface area contributed by atoms with Crippen LogP contribution in [0.4, 0.5) is 0 Å². The van der Waals surface area contributed by atoms with Crippen LogP contribution in [0.25, 0.3) is 22.3 Å². The summed E-state index contributed by atoms with van der Waals surface area (Å²) in [7, 11) is 3.09. The van der Waals surface area contributed by atoms with Gasteiger partial charge >= 0.3 is 11.9 Å². The Labute approximate surface area is 573 Å². The van der Waals surface area contributed by atoms with Crippen molar-refractivity contribution in [1.82, 2.24) is 31.9 Å². The molecule has 7 rings (SSSR count). The van der Waals surface area contributed by atoms with Gasteiger partial charge in [-0.25, -0.2) is 9.59 Å². The number of aliphatic hydroxyl groups is 6. The van der Waals surface area contributed by atoms with E-state index in [2.05, 4.69) is 31.9 Å². The lowest BCUT2D eigenvalue weighted by Crippen LogP contribution is -2.68. The molecule has 2 aliphatic heterocycles. The quantitative estimate of drug-likeness (QED) is 0.0255. The fraction of sp³-hybridized carbons (Fsp3) is 0.441. The summed E-state index contributed by atoms with van der Waals surface area (Å²) >= 11 is 2.83. The Morgan fingerprint density at radius 2 is 0.816 bits per heavy atom. The molecule has 0 unspecified atom stereocenters. The number of nitrogens with one attached hydrogen (secondary N) is 6. The maximum atomic E-state index is 13.1. The van der Waals surface area contributed by atoms with E-state index in [-0.39, 0.29) is 50.3 Å². The van der Waals surface area contributed by atoms with E-state index in [1.165, 1.54) is 47.8 Å². The topological polar surface area (TPSA) is 426 Å². The van der Waals surface area contributed by atoms with Crippen molar-refractivity contribution in [1.29, 1.82) is 0 Å². The average Bonchev–Trinajstić information content (AvgIpc) is 0.770. The first kappa shape index (κ1) is 77.1. The number of rotatable bonds is 36. The summed E-state index contributed by atoms with van der Waals surface area (Å²) in [6.07, 6.45) is -14.9. The van der Waals surface area contributed by atoms with Crippen LogP contribution in [0.3, 0.4) is 0 Å². The van der Waals surface area contributed by atoms with Gasteiger partial charge in [-0.3, -0.25) is 28.8 Å². The lowest BCUT2D eigenvalue weighted by molar-refractivity contribution is -0.310. The summed E-state index contributed by atoms with van der Waals surface area (Å²) in [5.74, 6) is -8.52. The van der Waals surface area contributed by atoms with E-state index < -0.39 is 146 Å². The van der Waals surface area contributed by atoms with Crippen molar-refractivity contribution in [2.45, 2.75) is 112 Å². The van der Waals surface area contributed by atoms with Gasteiger partial charge in [0.1, 0.15) is 35.9 Å². The molecule has 0 aromatic heterocycles. The van der Waals surface area contributed by atoms with Gasteiger partial charge in [0.25, 0.3) is 35.2 Å². The maximum absolute atomic E-state index is 13.1. The summed E-state index contributed by atoms with van der Waals surface area (Å²) in [4.78, 5) is 102. The van der Waals surface area contributed by atoms with Crippen molar-refractivity contribution in [2.24, 2.45) is 0 Å². The largest absolute Gasteiger partial charge is 0.496 e. The number of carboxylic acids is 2. The zero-order chi connectivity index (χ0) is 71.1. The molecule has 98 heavy (non-hydrogen) atoms. The molecule has 0 saturated carbocycles. The van der Waals surface area contributed by atoms with E-state index in [1.807, 2.05) is 36.4 Å². The van der Waals surface area contributed by atoms with Gasteiger partial charge in [0, 0.05) is 97.8 Å². The standard InChI is InChI=1S/C68H84N6O22S2/c1-39(75)73-55-49(77)35-67(65(87)88,95-59(55)57(81)51(79)37-71-63(85)45-19-15-41(16-20-45)47-11-5-7-13-53(47)91-3)93-29-9-31-97-33-27-69-61(83)43-23-25-44(26-24-43)62(84)70-28-34-98-32-10-30-94-68(66(89)90)36-50(78)56(74-40(2)76)60(96-68)58(82)52(80)38-72-64(86)46-21-17-42(18-22-46)48-12-6-8-14-54(48)92-4/h5-8,11-26,49-52,55-60,77-82H,9-10,27-38H2,1-4H3,(H,69,83)(H,70,84)(H,71,85)(H,72,86)(H,73,75)(H,74,76)(H,87,88)(H,89,90)/t49-,50-,51+,52+,55+,56+,57+,58+,59+,60+,67+,68+/m0/s1. The second-order valence-electron chi connectivity index (χ2n) is 23.1. The van der Waals surface area contributed by atoms with Gasteiger partial charge in [0.2, 0.25) is 11.8 Å². The van der Waals surface area contributed by atoms with Gasteiger partial charge in [-0.1, -0.05) is 60.7 Å². The summed E-state index contributed by atoms with van der Waals surface area (Å²) < 4.78 is 34.0. The zero-order valence-electron chi connectivity index (χ0n) is 54.3. The molecule has 2 fully saturated rings. The van der Waals surface area contributed by atoms with Crippen LogP contribution in [0.15, 0.2) is 121 Å². The normalized spacial score (nSPS) is 21.8. The Hall–Kier alpha value is -8.24. The van der Waals surface area contributed by atoms with Gasteiger partial charge in [-0.2, -0.15) is 23.5 Å². The Bertz CT molecular complexity index is 3280. The highest BCUT2D eigenvalue weighted by molar-refractivity contribution is 7.99. The number of para-hydroxylation sites is 2. The number of amides is 6. The molecule has 530 valence electrons. The number of thioether (sulfide) groups is 2. The Balaban J connectivity index is 0.778. The number of carbonyl (C=O) groups excluding carboxylic acids is 6.